The lowest BCUT2D eigenvalue weighted by atomic mass is 9.91. The Bertz CT molecular complexity index is 908. The fraction of sp³-hybridized carbons (Fsp3) is 0.368. The lowest BCUT2D eigenvalue weighted by Crippen LogP contribution is -2.32. The summed E-state index contributed by atoms with van der Waals surface area (Å²) < 4.78 is 1.19. The van der Waals surface area contributed by atoms with Crippen molar-refractivity contribution in [2.75, 3.05) is 19.4 Å². The number of nitrogens with zero attached hydrogens (tertiary/aromatic N) is 2. The quantitative estimate of drug-likeness (QED) is 0.742. The predicted octanol–water partition coefficient (Wildman–Crippen LogP) is 4.40. The first kappa shape index (κ1) is 16.7. The number of amides is 1. The van der Waals surface area contributed by atoms with E-state index in [-0.39, 0.29) is 5.91 Å². The summed E-state index contributed by atoms with van der Waals surface area (Å²) in [4.78, 5) is 20.3. The Labute approximate surface area is 155 Å². The Morgan fingerprint density at radius 1 is 1.28 bits per heavy atom. The number of thiophene rings is 1. The zero-order valence-electron chi connectivity index (χ0n) is 14.6. The van der Waals surface area contributed by atoms with Crippen LogP contribution in [0.3, 0.4) is 0 Å². The summed E-state index contributed by atoms with van der Waals surface area (Å²) in [5, 5.41) is 5.02. The summed E-state index contributed by atoms with van der Waals surface area (Å²) in [5.74, 6) is -0.0230. The van der Waals surface area contributed by atoms with Crippen molar-refractivity contribution in [2.45, 2.75) is 32.2 Å². The highest BCUT2D eigenvalue weighted by Crippen LogP contribution is 2.46. The van der Waals surface area contributed by atoms with Gasteiger partial charge in [-0.05, 0) is 51.1 Å². The molecular weight excluding hydrogens is 350 g/mol. The van der Waals surface area contributed by atoms with E-state index in [1.54, 1.807) is 29.6 Å². The Balaban J connectivity index is 1.84. The molecule has 4 nitrogen and oxygen atoms in total. The van der Waals surface area contributed by atoms with Gasteiger partial charge in [-0.25, -0.2) is 4.98 Å². The Morgan fingerprint density at radius 2 is 2.08 bits per heavy atom. The van der Waals surface area contributed by atoms with Crippen molar-refractivity contribution in [3.63, 3.8) is 0 Å². The van der Waals surface area contributed by atoms with Gasteiger partial charge in [0, 0.05) is 23.4 Å². The highest BCUT2D eigenvalue weighted by molar-refractivity contribution is 7.22. The zero-order chi connectivity index (χ0) is 17.6. The number of anilines is 1. The summed E-state index contributed by atoms with van der Waals surface area (Å²) in [7, 11) is 4.29. The van der Waals surface area contributed by atoms with E-state index in [0.717, 1.165) is 40.4 Å². The van der Waals surface area contributed by atoms with E-state index in [2.05, 4.69) is 30.4 Å². The third-order valence-electron chi connectivity index (χ3n) is 4.77. The van der Waals surface area contributed by atoms with Crippen molar-refractivity contribution in [1.82, 2.24) is 9.88 Å². The van der Waals surface area contributed by atoms with Crippen LogP contribution in [0, 0.1) is 0 Å². The van der Waals surface area contributed by atoms with Crippen molar-refractivity contribution in [1.29, 1.82) is 0 Å². The van der Waals surface area contributed by atoms with Crippen molar-refractivity contribution in [2.24, 2.45) is 0 Å². The van der Waals surface area contributed by atoms with Gasteiger partial charge in [0.25, 0.3) is 0 Å². The molecule has 0 radical (unpaired) electrons. The summed E-state index contributed by atoms with van der Waals surface area (Å²) in [5.41, 5.74) is 3.55. The van der Waals surface area contributed by atoms with Crippen molar-refractivity contribution >= 4 is 43.8 Å². The van der Waals surface area contributed by atoms with Gasteiger partial charge in [-0.15, -0.1) is 22.7 Å². The molecule has 1 aromatic carbocycles. The number of thiazole rings is 1. The number of benzene rings is 1. The van der Waals surface area contributed by atoms with E-state index in [1.807, 2.05) is 18.2 Å². The van der Waals surface area contributed by atoms with Crippen LogP contribution in [0.1, 0.15) is 23.8 Å². The summed E-state index contributed by atoms with van der Waals surface area (Å²) in [6.07, 6.45) is 3.23. The Morgan fingerprint density at radius 3 is 2.80 bits per heavy atom. The summed E-state index contributed by atoms with van der Waals surface area (Å²) >= 11 is 3.43. The highest BCUT2D eigenvalue weighted by atomic mass is 32.1. The van der Waals surface area contributed by atoms with Crippen LogP contribution in [0.5, 0.6) is 0 Å². The van der Waals surface area contributed by atoms with Gasteiger partial charge < -0.3 is 10.2 Å². The largest absolute Gasteiger partial charge is 0.317 e. The molecule has 0 saturated carbocycles. The number of nitrogens with one attached hydrogen (secondary N) is 1. The van der Waals surface area contributed by atoms with Gasteiger partial charge in [-0.1, -0.05) is 12.1 Å². The molecule has 0 spiro atoms. The molecule has 0 bridgehead atoms. The van der Waals surface area contributed by atoms with Gasteiger partial charge in [0.15, 0.2) is 0 Å². The molecule has 1 amide bonds. The van der Waals surface area contributed by atoms with Crippen LogP contribution in [0.4, 0.5) is 5.00 Å². The first-order valence-corrected chi connectivity index (χ1v) is 10.1. The average molecular weight is 372 g/mol. The smallest absolute Gasteiger partial charge is 0.221 e. The maximum Gasteiger partial charge on any atom is 0.221 e. The lowest BCUT2D eigenvalue weighted by Gasteiger charge is -2.28. The molecule has 1 unspecified atom stereocenters. The number of carbonyl (C=O) groups excluding carboxylic acids is 1. The first-order chi connectivity index (χ1) is 12.0. The molecule has 0 fully saturated rings. The first-order valence-electron chi connectivity index (χ1n) is 8.47. The molecule has 25 heavy (non-hydrogen) atoms. The number of hydrogen-bond donors (Lipinski definition) is 1. The van der Waals surface area contributed by atoms with Gasteiger partial charge in [0.1, 0.15) is 10.0 Å². The third-order valence-corrected chi connectivity index (χ3v) is 6.99. The topological polar surface area (TPSA) is 45.2 Å². The van der Waals surface area contributed by atoms with E-state index >= 15 is 0 Å². The molecule has 1 aliphatic carbocycles. The van der Waals surface area contributed by atoms with Crippen LogP contribution in [0.2, 0.25) is 0 Å². The molecule has 2 heterocycles. The second kappa shape index (κ2) is 6.52. The van der Waals surface area contributed by atoms with Crippen molar-refractivity contribution in [3.8, 4) is 10.6 Å². The van der Waals surface area contributed by atoms with Crippen LogP contribution >= 0.6 is 22.7 Å². The van der Waals surface area contributed by atoms with Crippen LogP contribution in [0.25, 0.3) is 20.8 Å². The summed E-state index contributed by atoms with van der Waals surface area (Å²) in [6, 6.07) is 8.79. The van der Waals surface area contributed by atoms with Gasteiger partial charge in [0.2, 0.25) is 5.91 Å². The molecule has 4 rings (SSSR count). The number of para-hydroxylation sites is 1. The molecule has 0 saturated heterocycles. The number of aromatic nitrogens is 1. The number of fused-ring (bicyclic) bond motifs is 2. The van der Waals surface area contributed by atoms with Gasteiger partial charge in [0.05, 0.1) is 10.2 Å². The molecule has 0 aliphatic heterocycles. The molecule has 3 aromatic rings. The number of likely N-dealkylation sites (N-methyl/N-ethyl adjacent to an activating group) is 1. The normalized spacial score (nSPS) is 17.0. The van der Waals surface area contributed by atoms with E-state index in [0.29, 0.717) is 6.04 Å². The van der Waals surface area contributed by atoms with Crippen molar-refractivity contribution < 1.29 is 4.79 Å². The van der Waals surface area contributed by atoms with Crippen molar-refractivity contribution in [3.05, 3.63) is 34.7 Å². The minimum atomic E-state index is -0.0230. The molecule has 6 heteroatoms. The number of carbonyl (C=O) groups is 1. The molecule has 1 aliphatic rings. The van der Waals surface area contributed by atoms with E-state index in [4.69, 9.17) is 4.98 Å². The maximum atomic E-state index is 11.7. The van der Waals surface area contributed by atoms with Crippen LogP contribution in [-0.2, 0) is 17.6 Å². The third kappa shape index (κ3) is 3.10. The van der Waals surface area contributed by atoms with Crippen LogP contribution in [-0.4, -0.2) is 35.9 Å². The number of hydrogen-bond acceptors (Lipinski definition) is 5. The van der Waals surface area contributed by atoms with E-state index < -0.39 is 0 Å². The minimum Gasteiger partial charge on any atom is -0.317 e. The fourth-order valence-corrected chi connectivity index (χ4v) is 5.94. The predicted molar refractivity (Wildman–Crippen MR) is 107 cm³/mol. The lowest BCUT2D eigenvalue weighted by molar-refractivity contribution is -0.114. The molecule has 2 aromatic heterocycles. The van der Waals surface area contributed by atoms with Crippen LogP contribution < -0.4 is 5.32 Å². The molecular formula is C19H21N3OS2. The molecule has 130 valence electrons. The zero-order valence-corrected chi connectivity index (χ0v) is 16.3. The molecule has 1 atom stereocenters. The second-order valence-electron chi connectivity index (χ2n) is 6.74. The monoisotopic (exact) mass is 371 g/mol. The average Bonchev–Trinajstić information content (AvgIpc) is 3.13. The molecule has 1 N–H and O–H groups in total. The summed E-state index contributed by atoms with van der Waals surface area (Å²) in [6.45, 7) is 1.57. The SMILES string of the molecule is CC(=O)Nc1sc2c(c1-c1nc3ccccc3s1)CCC(N(C)C)C2. The highest BCUT2D eigenvalue weighted by Gasteiger charge is 2.29. The standard InChI is InChI=1S/C19H21N3OS2/c1-11(23)20-18-17(19-21-14-6-4-5-7-15(14)24-19)13-9-8-12(22(2)3)10-16(13)25-18/h4-7,12H,8-10H2,1-3H3,(H,20,23). The minimum absolute atomic E-state index is 0.0230. The van der Waals surface area contributed by atoms with Gasteiger partial charge in [-0.3, -0.25) is 4.79 Å². The van der Waals surface area contributed by atoms with Crippen LogP contribution in [0.15, 0.2) is 24.3 Å². The second-order valence-corrected chi connectivity index (χ2v) is 8.87. The Kier molecular flexibility index (Phi) is 4.35. The maximum absolute atomic E-state index is 11.7. The van der Waals surface area contributed by atoms with Gasteiger partial charge in [-0.2, -0.15) is 0 Å². The fourth-order valence-electron chi connectivity index (χ4n) is 3.46. The van der Waals surface area contributed by atoms with E-state index in [9.17, 15) is 4.79 Å². The van der Waals surface area contributed by atoms with E-state index in [1.165, 1.54) is 15.1 Å². The number of rotatable bonds is 3. The van der Waals surface area contributed by atoms with Gasteiger partial charge >= 0.3 is 0 Å². The Hall–Kier alpha value is -1.76.